The van der Waals surface area contributed by atoms with Gasteiger partial charge in [0.1, 0.15) is 5.75 Å². The third kappa shape index (κ3) is 4.83. The van der Waals surface area contributed by atoms with E-state index in [-0.39, 0.29) is 12.4 Å². The molecule has 26 heavy (non-hydrogen) atoms. The van der Waals surface area contributed by atoms with Gasteiger partial charge < -0.3 is 9.84 Å². The van der Waals surface area contributed by atoms with E-state index >= 15 is 0 Å². The van der Waals surface area contributed by atoms with E-state index in [2.05, 4.69) is 4.74 Å². The van der Waals surface area contributed by atoms with Gasteiger partial charge in [-0.1, -0.05) is 36.4 Å². The standard InChI is InChI=1S/C20H17F3NO2/c21-20(22,23)26-19-3-1-2-16(12-19)13-24-10-8-18(9-11-24)17-6-4-15(14-25)5-7-17/h1-12,25H,13-14H2/q+1. The third-order valence-corrected chi connectivity index (χ3v) is 3.86. The second-order valence-electron chi connectivity index (χ2n) is 5.81. The minimum Gasteiger partial charge on any atom is -0.406 e. The van der Waals surface area contributed by atoms with Crippen LogP contribution in [0.2, 0.25) is 0 Å². The molecule has 0 aliphatic carbocycles. The van der Waals surface area contributed by atoms with Crippen LogP contribution in [-0.2, 0) is 13.2 Å². The number of aliphatic hydroxyl groups excluding tert-OH is 1. The van der Waals surface area contributed by atoms with Gasteiger partial charge in [0, 0.05) is 17.7 Å². The average molecular weight is 360 g/mol. The number of aliphatic hydroxyl groups is 1. The topological polar surface area (TPSA) is 33.3 Å². The highest BCUT2D eigenvalue weighted by Gasteiger charge is 2.31. The molecule has 0 aliphatic rings. The maximum absolute atomic E-state index is 12.3. The van der Waals surface area contributed by atoms with E-state index in [0.29, 0.717) is 12.1 Å². The zero-order valence-corrected chi connectivity index (χ0v) is 13.8. The Labute approximate surface area is 148 Å². The molecule has 0 saturated heterocycles. The Hall–Kier alpha value is -2.86. The van der Waals surface area contributed by atoms with Crippen molar-refractivity contribution in [1.29, 1.82) is 0 Å². The highest BCUT2D eigenvalue weighted by atomic mass is 19.4. The summed E-state index contributed by atoms with van der Waals surface area (Å²) >= 11 is 0. The summed E-state index contributed by atoms with van der Waals surface area (Å²) in [5.41, 5.74) is 3.59. The van der Waals surface area contributed by atoms with Gasteiger partial charge in [-0.25, -0.2) is 4.57 Å². The fraction of sp³-hybridized carbons (Fsp3) is 0.150. The Balaban J connectivity index is 1.72. The molecule has 0 aliphatic heterocycles. The molecule has 2 aromatic carbocycles. The van der Waals surface area contributed by atoms with Crippen LogP contribution in [0.3, 0.4) is 0 Å². The summed E-state index contributed by atoms with van der Waals surface area (Å²) in [5.74, 6) is -0.226. The van der Waals surface area contributed by atoms with Crippen LogP contribution < -0.4 is 9.30 Å². The van der Waals surface area contributed by atoms with Crippen molar-refractivity contribution in [3.05, 3.63) is 84.2 Å². The van der Waals surface area contributed by atoms with Gasteiger partial charge in [-0.05, 0) is 28.8 Å². The molecule has 0 spiro atoms. The highest BCUT2D eigenvalue weighted by molar-refractivity contribution is 5.62. The molecule has 0 fully saturated rings. The molecule has 134 valence electrons. The summed E-state index contributed by atoms with van der Waals surface area (Å²) in [5, 5.41) is 9.08. The van der Waals surface area contributed by atoms with Crippen molar-refractivity contribution in [3.8, 4) is 16.9 Å². The van der Waals surface area contributed by atoms with Crippen molar-refractivity contribution in [1.82, 2.24) is 0 Å². The maximum Gasteiger partial charge on any atom is 0.573 e. The highest BCUT2D eigenvalue weighted by Crippen LogP contribution is 2.23. The number of nitrogens with zero attached hydrogens (tertiary/aromatic N) is 1. The molecule has 3 aromatic rings. The third-order valence-electron chi connectivity index (χ3n) is 3.86. The molecular weight excluding hydrogens is 343 g/mol. The number of rotatable bonds is 5. The van der Waals surface area contributed by atoms with Crippen LogP contribution >= 0.6 is 0 Å². The molecule has 0 bridgehead atoms. The Kier molecular flexibility index (Phi) is 5.23. The SMILES string of the molecule is OCc1ccc(-c2cc[n+](Cc3cccc(OC(F)(F)F)c3)cc2)cc1. The average Bonchev–Trinajstić information content (AvgIpc) is 2.61. The van der Waals surface area contributed by atoms with E-state index in [1.54, 1.807) is 6.07 Å². The smallest absolute Gasteiger partial charge is 0.406 e. The summed E-state index contributed by atoms with van der Waals surface area (Å²) in [6, 6.07) is 17.4. The minimum atomic E-state index is -4.70. The predicted molar refractivity (Wildman–Crippen MR) is 90.2 cm³/mol. The van der Waals surface area contributed by atoms with Gasteiger partial charge in [-0.3, -0.25) is 0 Å². The fourth-order valence-electron chi connectivity index (χ4n) is 2.61. The van der Waals surface area contributed by atoms with Crippen LogP contribution in [0.5, 0.6) is 5.75 Å². The van der Waals surface area contributed by atoms with Crippen LogP contribution in [0.25, 0.3) is 11.1 Å². The van der Waals surface area contributed by atoms with Gasteiger partial charge in [-0.15, -0.1) is 13.2 Å². The minimum absolute atomic E-state index is 0.00614. The molecule has 1 aromatic heterocycles. The van der Waals surface area contributed by atoms with Crippen LogP contribution in [0.4, 0.5) is 13.2 Å². The summed E-state index contributed by atoms with van der Waals surface area (Å²) in [7, 11) is 0. The largest absolute Gasteiger partial charge is 0.573 e. The molecule has 6 heteroatoms. The fourth-order valence-corrected chi connectivity index (χ4v) is 2.61. The van der Waals surface area contributed by atoms with Crippen molar-refractivity contribution in [2.45, 2.75) is 19.5 Å². The van der Waals surface area contributed by atoms with Gasteiger partial charge >= 0.3 is 6.36 Å². The summed E-state index contributed by atoms with van der Waals surface area (Å²) in [6.07, 6.45) is -0.960. The number of ether oxygens (including phenoxy) is 1. The van der Waals surface area contributed by atoms with Crippen LogP contribution in [0, 0.1) is 0 Å². The predicted octanol–water partition coefficient (Wildman–Crippen LogP) is 4.08. The maximum atomic E-state index is 12.3. The molecule has 3 nitrogen and oxygen atoms in total. The molecule has 0 amide bonds. The lowest BCUT2D eigenvalue weighted by Gasteiger charge is -2.09. The first-order chi connectivity index (χ1) is 12.4. The van der Waals surface area contributed by atoms with Gasteiger partial charge in [0.05, 0.1) is 6.61 Å². The second kappa shape index (κ2) is 7.58. The summed E-state index contributed by atoms with van der Waals surface area (Å²) < 4.78 is 42.8. The Morgan fingerprint density at radius 2 is 1.50 bits per heavy atom. The first kappa shape index (κ1) is 17.9. The normalized spacial score (nSPS) is 11.4. The summed E-state index contributed by atoms with van der Waals surface area (Å²) in [4.78, 5) is 0. The Morgan fingerprint density at radius 3 is 2.12 bits per heavy atom. The van der Waals surface area contributed by atoms with E-state index in [1.807, 2.05) is 53.4 Å². The van der Waals surface area contributed by atoms with Crippen molar-refractivity contribution >= 4 is 0 Å². The number of pyridine rings is 1. The van der Waals surface area contributed by atoms with E-state index < -0.39 is 6.36 Å². The lowest BCUT2D eigenvalue weighted by molar-refractivity contribution is -0.688. The molecule has 1 N–H and O–H groups in total. The van der Waals surface area contributed by atoms with E-state index in [9.17, 15) is 13.2 Å². The first-order valence-corrected chi connectivity index (χ1v) is 7.97. The molecule has 0 saturated carbocycles. The number of benzene rings is 2. The molecule has 3 rings (SSSR count). The zero-order valence-electron chi connectivity index (χ0n) is 13.8. The molecule has 0 unspecified atom stereocenters. The first-order valence-electron chi connectivity index (χ1n) is 7.97. The second-order valence-corrected chi connectivity index (χ2v) is 5.81. The van der Waals surface area contributed by atoms with E-state index in [4.69, 9.17) is 5.11 Å². The van der Waals surface area contributed by atoms with Gasteiger partial charge in [0.2, 0.25) is 0 Å². The van der Waals surface area contributed by atoms with Gasteiger partial charge in [0.15, 0.2) is 18.9 Å². The number of hydrogen-bond donors (Lipinski definition) is 1. The molecule has 0 atom stereocenters. The van der Waals surface area contributed by atoms with Crippen LogP contribution in [0.15, 0.2) is 73.1 Å². The monoisotopic (exact) mass is 360 g/mol. The number of halogens is 3. The number of aromatic nitrogens is 1. The molecular formula is C20H17F3NO2+. The van der Waals surface area contributed by atoms with Crippen LogP contribution in [0.1, 0.15) is 11.1 Å². The summed E-state index contributed by atoms with van der Waals surface area (Å²) in [6.45, 7) is 0.435. The van der Waals surface area contributed by atoms with Gasteiger partial charge in [0.25, 0.3) is 0 Å². The van der Waals surface area contributed by atoms with Crippen molar-refractivity contribution < 1.29 is 27.6 Å². The van der Waals surface area contributed by atoms with E-state index in [1.165, 1.54) is 18.2 Å². The molecule has 1 heterocycles. The number of hydrogen-bond acceptors (Lipinski definition) is 2. The van der Waals surface area contributed by atoms with Crippen molar-refractivity contribution in [2.24, 2.45) is 0 Å². The quantitative estimate of drug-likeness (QED) is 0.696. The Bertz CT molecular complexity index is 859. The van der Waals surface area contributed by atoms with Crippen LogP contribution in [-0.4, -0.2) is 11.5 Å². The van der Waals surface area contributed by atoms with Crippen molar-refractivity contribution in [3.63, 3.8) is 0 Å². The molecule has 0 radical (unpaired) electrons. The van der Waals surface area contributed by atoms with Crippen molar-refractivity contribution in [2.75, 3.05) is 0 Å². The number of alkyl halides is 3. The lowest BCUT2D eigenvalue weighted by Crippen LogP contribution is -2.33. The zero-order chi connectivity index (χ0) is 18.6. The van der Waals surface area contributed by atoms with E-state index in [0.717, 1.165) is 16.7 Å². The van der Waals surface area contributed by atoms with Gasteiger partial charge in [-0.2, -0.15) is 0 Å². The lowest BCUT2D eigenvalue weighted by atomic mass is 10.1. The Morgan fingerprint density at radius 1 is 0.846 bits per heavy atom.